The first-order valence-corrected chi connectivity index (χ1v) is 11.6. The number of rotatable bonds is 6. The second-order valence-corrected chi connectivity index (χ2v) is 10.5. The van der Waals surface area contributed by atoms with E-state index in [1.807, 2.05) is 0 Å². The highest BCUT2D eigenvalue weighted by Gasteiger charge is 2.57. The van der Waals surface area contributed by atoms with Crippen LogP contribution in [0.15, 0.2) is 23.1 Å². The van der Waals surface area contributed by atoms with Crippen molar-refractivity contribution in [1.29, 1.82) is 0 Å². The van der Waals surface area contributed by atoms with Crippen molar-refractivity contribution < 1.29 is 26.9 Å². The Labute approximate surface area is 179 Å². The average molecular weight is 438 g/mol. The van der Waals surface area contributed by atoms with E-state index in [0.29, 0.717) is 17.7 Å². The molecule has 30 heavy (non-hydrogen) atoms. The zero-order chi connectivity index (χ0) is 24.3. The number of sulfone groups is 1. The summed E-state index contributed by atoms with van der Waals surface area (Å²) in [5.74, 6) is -1.68. The molecule has 3 aliphatic rings. The Morgan fingerprint density at radius 2 is 2.17 bits per heavy atom. The lowest BCUT2D eigenvalue weighted by Crippen LogP contribution is -2.51. The fourth-order valence-corrected chi connectivity index (χ4v) is 5.13. The standard InChI is InChI=1S/C20H26N4O5S/c1-22-15(7-11-3-4-11)18(26)24-10-20(9-16(24)17(21)25)13-8-12(30(2,28)29)5-6-14(13)23-19(20)27/h5-6,8,11,15-16,22H,3-4,7,9-10H2,1-2H3,(H2,21,25)(H,23,27)/t15-,16-,20-/m0/s1/i1D3. The van der Waals surface area contributed by atoms with Gasteiger partial charge in [-0.2, -0.15) is 0 Å². The van der Waals surface area contributed by atoms with Crippen LogP contribution in [0.3, 0.4) is 0 Å². The lowest BCUT2D eigenvalue weighted by Gasteiger charge is -2.28. The number of hydrogen-bond donors (Lipinski definition) is 3. The number of nitrogens with one attached hydrogen (secondary N) is 2. The van der Waals surface area contributed by atoms with Crippen molar-refractivity contribution in [2.75, 3.05) is 25.1 Å². The smallest absolute Gasteiger partial charge is 0.240 e. The van der Waals surface area contributed by atoms with Gasteiger partial charge >= 0.3 is 0 Å². The number of fused-ring (bicyclic) bond motifs is 2. The van der Waals surface area contributed by atoms with E-state index >= 15 is 0 Å². The molecule has 0 unspecified atom stereocenters. The molecule has 9 nitrogen and oxygen atoms in total. The summed E-state index contributed by atoms with van der Waals surface area (Å²) in [5, 5.41) is 5.09. The summed E-state index contributed by atoms with van der Waals surface area (Å²) in [6.07, 6.45) is 3.00. The molecule has 1 spiro atoms. The molecule has 1 saturated carbocycles. The van der Waals surface area contributed by atoms with E-state index in [2.05, 4.69) is 10.6 Å². The fraction of sp³-hybridized carbons (Fsp3) is 0.550. The molecule has 1 aliphatic carbocycles. The monoisotopic (exact) mass is 437 g/mol. The van der Waals surface area contributed by atoms with E-state index in [4.69, 9.17) is 9.85 Å². The van der Waals surface area contributed by atoms with Crippen LogP contribution in [0.25, 0.3) is 0 Å². The van der Waals surface area contributed by atoms with Gasteiger partial charge in [0, 0.05) is 22.6 Å². The van der Waals surface area contributed by atoms with Gasteiger partial charge in [0.2, 0.25) is 17.7 Å². The number of nitrogens with zero attached hydrogens (tertiary/aromatic N) is 1. The molecular weight excluding hydrogens is 408 g/mol. The number of anilines is 1. The van der Waals surface area contributed by atoms with Crippen LogP contribution >= 0.6 is 0 Å². The number of likely N-dealkylation sites (tertiary alicyclic amines) is 1. The summed E-state index contributed by atoms with van der Waals surface area (Å²) in [7, 11) is -3.57. The van der Waals surface area contributed by atoms with Crippen LogP contribution in [0.5, 0.6) is 0 Å². The summed E-state index contributed by atoms with van der Waals surface area (Å²) in [4.78, 5) is 40.0. The van der Waals surface area contributed by atoms with Gasteiger partial charge in [-0.1, -0.05) is 12.8 Å². The molecule has 4 rings (SSSR count). The van der Waals surface area contributed by atoms with Gasteiger partial charge in [-0.25, -0.2) is 8.42 Å². The number of carbonyl (C=O) groups is 3. The van der Waals surface area contributed by atoms with E-state index in [-0.39, 0.29) is 23.8 Å². The topological polar surface area (TPSA) is 139 Å². The number of likely N-dealkylation sites (N-methyl/N-ethyl adjacent to an activating group) is 1. The molecule has 162 valence electrons. The Balaban J connectivity index is 1.72. The van der Waals surface area contributed by atoms with E-state index < -0.39 is 52.0 Å². The maximum atomic E-state index is 13.5. The van der Waals surface area contributed by atoms with Crippen molar-refractivity contribution in [2.24, 2.45) is 11.7 Å². The molecule has 3 atom stereocenters. The fourth-order valence-electron chi connectivity index (χ4n) is 4.48. The van der Waals surface area contributed by atoms with Crippen LogP contribution < -0.4 is 16.4 Å². The minimum absolute atomic E-state index is 0.00760. The summed E-state index contributed by atoms with van der Waals surface area (Å²) in [5.41, 5.74) is 5.00. The predicted molar refractivity (Wildman–Crippen MR) is 109 cm³/mol. The van der Waals surface area contributed by atoms with Gasteiger partial charge < -0.3 is 21.3 Å². The molecule has 0 bridgehead atoms. The highest BCUT2D eigenvalue weighted by molar-refractivity contribution is 7.90. The molecule has 1 aromatic carbocycles. The normalized spacial score (nSPS) is 28.4. The Morgan fingerprint density at radius 3 is 2.77 bits per heavy atom. The molecule has 10 heteroatoms. The molecule has 1 saturated heterocycles. The molecule has 1 aromatic rings. The lowest BCUT2D eigenvalue weighted by atomic mass is 9.79. The minimum Gasteiger partial charge on any atom is -0.368 e. The van der Waals surface area contributed by atoms with Gasteiger partial charge in [-0.05, 0) is 49.5 Å². The van der Waals surface area contributed by atoms with Gasteiger partial charge in [0.1, 0.15) is 6.04 Å². The quantitative estimate of drug-likeness (QED) is 0.561. The number of nitrogens with two attached hydrogens (primary N) is 1. The first kappa shape index (κ1) is 17.2. The lowest BCUT2D eigenvalue weighted by molar-refractivity contribution is -0.139. The van der Waals surface area contributed by atoms with Crippen molar-refractivity contribution in [3.05, 3.63) is 23.8 Å². The zero-order valence-electron chi connectivity index (χ0n) is 19.5. The Bertz CT molecular complexity index is 1130. The third-order valence-corrected chi connectivity index (χ3v) is 7.44. The van der Waals surface area contributed by atoms with Gasteiger partial charge in [0.05, 0.1) is 16.4 Å². The molecule has 0 aromatic heterocycles. The van der Waals surface area contributed by atoms with Crippen molar-refractivity contribution in [3.63, 3.8) is 0 Å². The van der Waals surface area contributed by atoms with E-state index in [1.54, 1.807) is 0 Å². The van der Waals surface area contributed by atoms with Gasteiger partial charge in [-0.3, -0.25) is 14.4 Å². The minimum atomic E-state index is -3.57. The number of benzene rings is 1. The Kier molecular flexibility index (Phi) is 4.05. The van der Waals surface area contributed by atoms with Gasteiger partial charge in [0.15, 0.2) is 9.84 Å². The van der Waals surface area contributed by atoms with Gasteiger partial charge in [-0.15, -0.1) is 0 Å². The molecule has 2 heterocycles. The summed E-state index contributed by atoms with van der Waals surface area (Å²) in [6.45, 7) is -2.79. The number of amides is 3. The predicted octanol–water partition coefficient (Wildman–Crippen LogP) is -0.246. The van der Waals surface area contributed by atoms with Crippen LogP contribution in [-0.2, 0) is 29.6 Å². The molecular formula is C20H26N4O5S. The van der Waals surface area contributed by atoms with Crippen LogP contribution in [0, 0.1) is 5.92 Å². The number of carbonyl (C=O) groups excluding carboxylic acids is 3. The first-order chi connectivity index (χ1) is 15.2. The first-order valence-electron chi connectivity index (χ1n) is 11.2. The third kappa shape index (κ3) is 3.37. The second-order valence-electron chi connectivity index (χ2n) is 8.48. The molecule has 2 aliphatic heterocycles. The molecule has 2 fully saturated rings. The van der Waals surface area contributed by atoms with Crippen LogP contribution in [0.1, 0.15) is 35.4 Å². The van der Waals surface area contributed by atoms with E-state index in [9.17, 15) is 22.8 Å². The van der Waals surface area contributed by atoms with Crippen LogP contribution in [-0.4, -0.2) is 62.9 Å². The Morgan fingerprint density at radius 1 is 1.43 bits per heavy atom. The van der Waals surface area contributed by atoms with Crippen molar-refractivity contribution in [3.8, 4) is 0 Å². The van der Waals surface area contributed by atoms with Crippen LogP contribution in [0.4, 0.5) is 5.69 Å². The van der Waals surface area contributed by atoms with Gasteiger partial charge in [0.25, 0.3) is 0 Å². The molecule has 3 amide bonds. The second kappa shape index (κ2) is 7.05. The summed E-state index contributed by atoms with van der Waals surface area (Å²) < 4.78 is 46.8. The molecule has 0 radical (unpaired) electrons. The third-order valence-electron chi connectivity index (χ3n) is 6.33. The van der Waals surface area contributed by atoms with Crippen molar-refractivity contribution in [2.45, 2.75) is 48.1 Å². The largest absolute Gasteiger partial charge is 0.368 e. The van der Waals surface area contributed by atoms with E-state index in [1.165, 1.54) is 23.1 Å². The van der Waals surface area contributed by atoms with E-state index in [0.717, 1.165) is 19.1 Å². The maximum Gasteiger partial charge on any atom is 0.240 e. The van der Waals surface area contributed by atoms with Crippen LogP contribution in [0.2, 0.25) is 0 Å². The highest BCUT2D eigenvalue weighted by Crippen LogP contribution is 2.47. The SMILES string of the molecule is [2H]C([2H])([2H])N[C@@H](CC1CC1)C(=O)N1C[C@]2(C[C@H]1C(N)=O)C(=O)Nc1ccc(S(C)(=O)=O)cc12. The van der Waals surface area contributed by atoms with Crippen molar-refractivity contribution >= 4 is 33.2 Å². The Hall–Kier alpha value is -2.46. The summed E-state index contributed by atoms with van der Waals surface area (Å²) >= 11 is 0. The highest BCUT2D eigenvalue weighted by atomic mass is 32.2. The summed E-state index contributed by atoms with van der Waals surface area (Å²) in [6, 6.07) is 2.04. The number of primary amides is 1. The maximum absolute atomic E-state index is 13.5. The average Bonchev–Trinajstić information content (AvgIpc) is 3.34. The molecule has 4 N–H and O–H groups in total. The number of hydrogen-bond acceptors (Lipinski definition) is 6. The zero-order valence-corrected chi connectivity index (χ0v) is 17.3. The van der Waals surface area contributed by atoms with Crippen molar-refractivity contribution in [1.82, 2.24) is 10.2 Å².